The molecule has 0 atom stereocenters. The number of benzene rings is 3. The summed E-state index contributed by atoms with van der Waals surface area (Å²) in [5.41, 5.74) is 14.4. The maximum Gasteiger partial charge on any atom is 0.173 e. The van der Waals surface area contributed by atoms with E-state index in [-0.39, 0.29) is 0 Å². The van der Waals surface area contributed by atoms with Crippen molar-refractivity contribution in [2.45, 2.75) is 13.3 Å². The van der Waals surface area contributed by atoms with Crippen molar-refractivity contribution in [2.24, 2.45) is 0 Å². The van der Waals surface area contributed by atoms with Crippen molar-refractivity contribution in [1.82, 2.24) is 9.97 Å². The van der Waals surface area contributed by atoms with Gasteiger partial charge in [0.15, 0.2) is 11.6 Å². The lowest BCUT2D eigenvalue weighted by Crippen LogP contribution is -2.26. The van der Waals surface area contributed by atoms with E-state index in [2.05, 4.69) is 33.7 Å². The molecule has 1 aromatic heterocycles. The molecule has 4 rings (SSSR count). The highest BCUT2D eigenvalue weighted by Gasteiger charge is 2.15. The number of rotatable bonds is 7. The van der Waals surface area contributed by atoms with E-state index in [0.717, 1.165) is 23.5 Å². The minimum atomic E-state index is 0.445. The number of hydrogen-bond acceptors (Lipinski definition) is 6. The van der Waals surface area contributed by atoms with Gasteiger partial charge in [-0.1, -0.05) is 61.5 Å². The first-order chi connectivity index (χ1) is 14.8. The maximum atomic E-state index is 6.45. The summed E-state index contributed by atoms with van der Waals surface area (Å²) < 4.78 is 0. The summed E-state index contributed by atoms with van der Waals surface area (Å²) in [6, 6.07) is 28.1. The van der Waals surface area contributed by atoms with Crippen LogP contribution in [-0.4, -0.2) is 9.97 Å². The molecule has 0 fully saturated rings. The second-order valence-corrected chi connectivity index (χ2v) is 6.74. The van der Waals surface area contributed by atoms with Crippen LogP contribution in [0, 0.1) is 0 Å². The lowest BCUT2D eigenvalue weighted by molar-refractivity contribution is 1.09. The molecule has 0 bridgehead atoms. The lowest BCUT2D eigenvalue weighted by atomic mass is 10.1. The van der Waals surface area contributed by atoms with Crippen LogP contribution in [0.4, 0.5) is 34.4 Å². The fourth-order valence-corrected chi connectivity index (χ4v) is 3.20. The van der Waals surface area contributed by atoms with E-state index in [9.17, 15) is 0 Å². The number of nitrogens with two attached hydrogens (primary N) is 1. The van der Waals surface area contributed by atoms with Gasteiger partial charge >= 0.3 is 0 Å². The first kappa shape index (κ1) is 19.3. The highest BCUT2D eigenvalue weighted by atomic mass is 15.5. The Morgan fingerprint density at radius 1 is 0.767 bits per heavy atom. The molecule has 4 aromatic rings. The molecule has 0 saturated carbocycles. The summed E-state index contributed by atoms with van der Waals surface area (Å²) in [5, 5.41) is 5.30. The second-order valence-electron chi connectivity index (χ2n) is 6.74. The van der Waals surface area contributed by atoms with Crippen LogP contribution in [-0.2, 0) is 6.42 Å². The summed E-state index contributed by atoms with van der Waals surface area (Å²) in [5.74, 6) is 1.09. The molecule has 30 heavy (non-hydrogen) atoms. The van der Waals surface area contributed by atoms with Gasteiger partial charge in [0, 0.05) is 5.69 Å². The molecule has 0 saturated heterocycles. The summed E-state index contributed by atoms with van der Waals surface area (Å²) in [6.07, 6.45) is 2.42. The van der Waals surface area contributed by atoms with Gasteiger partial charge in [-0.15, -0.1) is 0 Å². The van der Waals surface area contributed by atoms with E-state index in [0.29, 0.717) is 17.3 Å². The van der Waals surface area contributed by atoms with Gasteiger partial charge in [-0.2, -0.15) is 0 Å². The highest BCUT2D eigenvalue weighted by molar-refractivity contribution is 5.80. The van der Waals surface area contributed by atoms with Crippen molar-refractivity contribution < 1.29 is 0 Å². The van der Waals surface area contributed by atoms with Gasteiger partial charge in [0.2, 0.25) is 0 Å². The number of nitrogens with one attached hydrogen (secondary N) is 2. The Morgan fingerprint density at radius 3 is 1.97 bits per heavy atom. The molecule has 1 heterocycles. The van der Waals surface area contributed by atoms with Gasteiger partial charge in [0.25, 0.3) is 0 Å². The Kier molecular flexibility index (Phi) is 5.75. The monoisotopic (exact) mass is 396 g/mol. The molecule has 4 N–H and O–H groups in total. The Balaban J connectivity index is 1.67. The molecule has 0 aliphatic rings. The van der Waals surface area contributed by atoms with Gasteiger partial charge in [-0.25, -0.2) is 9.97 Å². The Bertz CT molecular complexity index is 1060. The van der Waals surface area contributed by atoms with E-state index in [1.807, 2.05) is 83.9 Å². The summed E-state index contributed by atoms with van der Waals surface area (Å²) >= 11 is 0. The van der Waals surface area contributed by atoms with Crippen molar-refractivity contribution in [3.63, 3.8) is 0 Å². The second kappa shape index (κ2) is 8.96. The Hall–Kier alpha value is -4.06. The largest absolute Gasteiger partial charge is 0.393 e. The Morgan fingerprint density at radius 2 is 1.33 bits per heavy atom. The zero-order valence-electron chi connectivity index (χ0n) is 16.8. The standard InChI is InChI=1S/C24H24N6/c1-2-18-11-9-10-16-21(18)28-23-22(25)24(27-17-26-23)29-30(19-12-5-3-6-13-19)20-14-7-4-8-15-20/h3-17H,2,25H2,1H3,(H2,26,27,28,29). The third-order valence-electron chi connectivity index (χ3n) is 4.78. The van der Waals surface area contributed by atoms with Gasteiger partial charge in [0.05, 0.1) is 11.4 Å². The minimum Gasteiger partial charge on any atom is -0.393 e. The zero-order chi connectivity index (χ0) is 20.8. The molecule has 3 aromatic carbocycles. The summed E-state index contributed by atoms with van der Waals surface area (Å²) in [7, 11) is 0. The molecule has 6 nitrogen and oxygen atoms in total. The van der Waals surface area contributed by atoms with Crippen molar-refractivity contribution in [1.29, 1.82) is 0 Å². The molecule has 0 amide bonds. The van der Waals surface area contributed by atoms with E-state index < -0.39 is 0 Å². The molecule has 0 unspecified atom stereocenters. The van der Waals surface area contributed by atoms with E-state index in [4.69, 9.17) is 5.73 Å². The normalized spacial score (nSPS) is 10.4. The van der Waals surface area contributed by atoms with Crippen molar-refractivity contribution >= 4 is 34.4 Å². The van der Waals surface area contributed by atoms with Gasteiger partial charge in [0.1, 0.15) is 12.0 Å². The third kappa shape index (κ3) is 4.17. The number of aryl methyl sites for hydroxylation is 1. The molecule has 0 aliphatic heterocycles. The highest BCUT2D eigenvalue weighted by Crippen LogP contribution is 2.31. The fourth-order valence-electron chi connectivity index (χ4n) is 3.20. The van der Waals surface area contributed by atoms with E-state index >= 15 is 0 Å². The van der Waals surface area contributed by atoms with Crippen LogP contribution in [0.3, 0.4) is 0 Å². The van der Waals surface area contributed by atoms with Crippen molar-refractivity contribution in [3.05, 3.63) is 96.8 Å². The number of nitrogens with zero attached hydrogens (tertiary/aromatic N) is 3. The Labute approximate surface area is 176 Å². The van der Waals surface area contributed by atoms with Gasteiger partial charge in [-0.3, -0.25) is 10.4 Å². The van der Waals surface area contributed by atoms with Crippen molar-refractivity contribution in [2.75, 3.05) is 21.5 Å². The lowest BCUT2D eigenvalue weighted by Gasteiger charge is -2.27. The first-order valence-electron chi connectivity index (χ1n) is 9.88. The van der Waals surface area contributed by atoms with Crippen LogP contribution < -0.4 is 21.5 Å². The van der Waals surface area contributed by atoms with Crippen LogP contribution in [0.2, 0.25) is 0 Å². The predicted molar refractivity (Wildman–Crippen MR) is 124 cm³/mol. The quantitative estimate of drug-likeness (QED) is 0.357. The number of nitrogen functional groups attached to an aromatic ring is 1. The summed E-state index contributed by atoms with van der Waals surface area (Å²) in [4.78, 5) is 8.74. The van der Waals surface area contributed by atoms with E-state index in [1.165, 1.54) is 11.9 Å². The van der Waals surface area contributed by atoms with Crippen LogP contribution in [0.5, 0.6) is 0 Å². The molecular formula is C24H24N6. The topological polar surface area (TPSA) is 79.1 Å². The van der Waals surface area contributed by atoms with Crippen LogP contribution in [0.1, 0.15) is 12.5 Å². The van der Waals surface area contributed by atoms with E-state index in [1.54, 1.807) is 0 Å². The smallest absolute Gasteiger partial charge is 0.173 e. The number of para-hydroxylation sites is 3. The molecular weight excluding hydrogens is 372 g/mol. The molecule has 150 valence electrons. The van der Waals surface area contributed by atoms with Gasteiger partial charge in [-0.05, 0) is 42.3 Å². The average molecular weight is 396 g/mol. The average Bonchev–Trinajstić information content (AvgIpc) is 2.81. The summed E-state index contributed by atoms with van der Waals surface area (Å²) in [6.45, 7) is 2.12. The van der Waals surface area contributed by atoms with Crippen LogP contribution in [0.15, 0.2) is 91.3 Å². The first-order valence-corrected chi connectivity index (χ1v) is 9.88. The number of aromatic nitrogens is 2. The molecule has 6 heteroatoms. The maximum absolute atomic E-state index is 6.45. The van der Waals surface area contributed by atoms with Crippen LogP contribution >= 0.6 is 0 Å². The minimum absolute atomic E-state index is 0.445. The van der Waals surface area contributed by atoms with Crippen LogP contribution in [0.25, 0.3) is 0 Å². The predicted octanol–water partition coefficient (Wildman–Crippen LogP) is 5.53. The van der Waals surface area contributed by atoms with Crippen molar-refractivity contribution in [3.8, 4) is 0 Å². The number of hydrazine groups is 1. The molecule has 0 spiro atoms. The molecule has 0 aliphatic carbocycles. The third-order valence-corrected chi connectivity index (χ3v) is 4.78. The van der Waals surface area contributed by atoms with Gasteiger partial charge < -0.3 is 11.1 Å². The number of anilines is 6. The SMILES string of the molecule is CCc1ccccc1Nc1ncnc(NN(c2ccccc2)c2ccccc2)c1N. The fraction of sp³-hybridized carbons (Fsp3) is 0.0833. The number of hydrogen-bond donors (Lipinski definition) is 3. The zero-order valence-corrected chi connectivity index (χ0v) is 16.8. The molecule has 0 radical (unpaired) electrons.